The Bertz CT molecular complexity index is 405. The summed E-state index contributed by atoms with van der Waals surface area (Å²) >= 11 is 0. The quantitative estimate of drug-likeness (QED) is 0.528. The number of carbonyl (C=O) groups is 1. The highest BCUT2D eigenvalue weighted by Gasteiger charge is 2.09. The summed E-state index contributed by atoms with van der Waals surface area (Å²) in [5, 5.41) is 5.76. The largest absolute Gasteiger partial charge is 0.399 e. The van der Waals surface area contributed by atoms with Crippen LogP contribution in [0.3, 0.4) is 0 Å². The first kappa shape index (κ1) is 14.3. The van der Waals surface area contributed by atoms with E-state index in [4.69, 9.17) is 10.5 Å². The number of anilines is 2. The molecule has 0 aliphatic heterocycles. The number of nitrogens with two attached hydrogens (primary N) is 1. The molecule has 5 nitrogen and oxygen atoms in total. The van der Waals surface area contributed by atoms with Gasteiger partial charge in [0, 0.05) is 25.0 Å². The number of benzene rings is 1. The molecule has 0 heterocycles. The molecule has 0 atom stereocenters. The molecule has 18 heavy (non-hydrogen) atoms. The van der Waals surface area contributed by atoms with Crippen molar-refractivity contribution in [2.24, 2.45) is 0 Å². The zero-order valence-electron chi connectivity index (χ0n) is 11.1. The first-order valence-electron chi connectivity index (χ1n) is 6.01. The van der Waals surface area contributed by atoms with Crippen molar-refractivity contribution < 1.29 is 9.53 Å². The normalized spacial score (nSPS) is 10.4. The van der Waals surface area contributed by atoms with Crippen molar-refractivity contribution >= 4 is 17.3 Å². The van der Waals surface area contributed by atoms with Crippen molar-refractivity contribution in [1.82, 2.24) is 5.32 Å². The van der Waals surface area contributed by atoms with Crippen molar-refractivity contribution in [3.63, 3.8) is 0 Å². The molecular formula is C13H21N3O2. The maximum Gasteiger partial charge on any atom is 0.253 e. The van der Waals surface area contributed by atoms with Gasteiger partial charge in [0.25, 0.3) is 5.91 Å². The molecule has 0 saturated heterocycles. The number of amides is 1. The average Bonchev–Trinajstić information content (AvgIpc) is 2.33. The average molecular weight is 251 g/mol. The lowest BCUT2D eigenvalue weighted by molar-refractivity contribution is 0.0869. The van der Waals surface area contributed by atoms with Crippen LogP contribution in [0.2, 0.25) is 0 Å². The second kappa shape index (κ2) is 6.86. The molecule has 0 radical (unpaired) electrons. The summed E-state index contributed by atoms with van der Waals surface area (Å²) < 4.78 is 5.43. The molecule has 1 aromatic rings. The summed E-state index contributed by atoms with van der Waals surface area (Å²) in [4.78, 5) is 11.7. The number of nitrogen functional groups attached to an aromatic ring is 1. The maximum absolute atomic E-state index is 11.7. The summed E-state index contributed by atoms with van der Waals surface area (Å²) in [5.41, 5.74) is 7.64. The van der Waals surface area contributed by atoms with Crippen LogP contribution in [0.1, 0.15) is 24.2 Å². The van der Waals surface area contributed by atoms with E-state index in [0.717, 1.165) is 5.69 Å². The zero-order chi connectivity index (χ0) is 13.5. The fourth-order valence-corrected chi connectivity index (χ4v) is 1.52. The van der Waals surface area contributed by atoms with Gasteiger partial charge in [-0.2, -0.15) is 0 Å². The van der Waals surface area contributed by atoms with Crippen LogP contribution in [0.25, 0.3) is 0 Å². The molecule has 100 valence electrons. The van der Waals surface area contributed by atoms with Crippen molar-refractivity contribution in [2.45, 2.75) is 20.0 Å². The molecule has 5 heteroatoms. The predicted octanol–water partition coefficient (Wildman–Crippen LogP) is 1.47. The number of hydrogen-bond acceptors (Lipinski definition) is 4. The first-order valence-corrected chi connectivity index (χ1v) is 6.01. The van der Waals surface area contributed by atoms with Gasteiger partial charge in [-0.1, -0.05) is 0 Å². The van der Waals surface area contributed by atoms with Gasteiger partial charge < -0.3 is 21.1 Å². The molecule has 0 fully saturated rings. The number of nitrogens with one attached hydrogen (secondary N) is 2. The minimum atomic E-state index is -0.137. The smallest absolute Gasteiger partial charge is 0.253 e. The molecule has 0 aromatic heterocycles. The fourth-order valence-electron chi connectivity index (χ4n) is 1.52. The third-order valence-electron chi connectivity index (χ3n) is 2.38. The van der Waals surface area contributed by atoms with E-state index in [9.17, 15) is 4.79 Å². The number of rotatable bonds is 6. The lowest BCUT2D eigenvalue weighted by Crippen LogP contribution is -2.21. The summed E-state index contributed by atoms with van der Waals surface area (Å²) in [7, 11) is 1.60. The maximum atomic E-state index is 11.7. The summed E-state index contributed by atoms with van der Waals surface area (Å²) in [5.74, 6) is -0.137. The van der Waals surface area contributed by atoms with Gasteiger partial charge in [-0.3, -0.25) is 4.79 Å². The Labute approximate surface area is 108 Å². The van der Waals surface area contributed by atoms with E-state index >= 15 is 0 Å². The molecule has 0 unspecified atom stereocenters. The highest BCUT2D eigenvalue weighted by molar-refractivity contribution is 6.00. The highest BCUT2D eigenvalue weighted by Crippen LogP contribution is 2.18. The Morgan fingerprint density at radius 2 is 2.17 bits per heavy atom. The Morgan fingerprint density at radius 3 is 2.78 bits per heavy atom. The Morgan fingerprint density at radius 1 is 1.44 bits per heavy atom. The molecule has 1 aromatic carbocycles. The first-order chi connectivity index (χ1) is 8.54. The van der Waals surface area contributed by atoms with E-state index in [2.05, 4.69) is 10.6 Å². The minimum absolute atomic E-state index is 0.137. The topological polar surface area (TPSA) is 76.4 Å². The van der Waals surface area contributed by atoms with Gasteiger partial charge in [-0.25, -0.2) is 0 Å². The summed E-state index contributed by atoms with van der Waals surface area (Å²) in [6.45, 7) is 5.18. The molecule has 0 aliphatic rings. The van der Waals surface area contributed by atoms with E-state index in [-0.39, 0.29) is 12.0 Å². The molecule has 1 rings (SSSR count). The van der Waals surface area contributed by atoms with Gasteiger partial charge in [0.2, 0.25) is 0 Å². The van der Waals surface area contributed by atoms with Crippen LogP contribution < -0.4 is 16.4 Å². The van der Waals surface area contributed by atoms with E-state index in [1.165, 1.54) is 0 Å². The molecule has 0 aliphatic carbocycles. The Hall–Kier alpha value is -1.75. The zero-order valence-corrected chi connectivity index (χ0v) is 11.1. The van der Waals surface area contributed by atoms with E-state index in [0.29, 0.717) is 24.4 Å². The second-order valence-corrected chi connectivity index (χ2v) is 4.23. The van der Waals surface area contributed by atoms with Crippen LogP contribution in [0.4, 0.5) is 11.4 Å². The predicted molar refractivity (Wildman–Crippen MR) is 73.8 cm³/mol. The lowest BCUT2D eigenvalue weighted by Gasteiger charge is -2.13. The van der Waals surface area contributed by atoms with Crippen LogP contribution in [0.15, 0.2) is 18.2 Å². The van der Waals surface area contributed by atoms with Crippen molar-refractivity contribution in [2.75, 3.05) is 31.2 Å². The molecule has 0 saturated carbocycles. The monoisotopic (exact) mass is 251 g/mol. The van der Waals surface area contributed by atoms with E-state index < -0.39 is 0 Å². The van der Waals surface area contributed by atoms with Gasteiger partial charge >= 0.3 is 0 Å². The van der Waals surface area contributed by atoms with Crippen molar-refractivity contribution in [3.8, 4) is 0 Å². The standard InChI is InChI=1S/C13H21N3O2/c1-9(2)18-7-6-16-12-8-10(14)4-5-11(12)13(17)15-3/h4-5,8-9,16H,6-7,14H2,1-3H3,(H,15,17). The van der Waals surface area contributed by atoms with Crippen LogP contribution in [-0.4, -0.2) is 32.2 Å². The highest BCUT2D eigenvalue weighted by atomic mass is 16.5. The van der Waals surface area contributed by atoms with Crippen LogP contribution >= 0.6 is 0 Å². The number of hydrogen-bond donors (Lipinski definition) is 3. The number of carbonyl (C=O) groups excluding carboxylic acids is 1. The molecule has 0 bridgehead atoms. The minimum Gasteiger partial charge on any atom is -0.399 e. The SMILES string of the molecule is CNC(=O)c1ccc(N)cc1NCCOC(C)C. The van der Waals surface area contributed by atoms with Gasteiger partial charge in [0.05, 0.1) is 18.3 Å². The van der Waals surface area contributed by atoms with Crippen LogP contribution in [-0.2, 0) is 4.74 Å². The van der Waals surface area contributed by atoms with Gasteiger partial charge in [0.15, 0.2) is 0 Å². The Kier molecular flexibility index (Phi) is 5.45. The van der Waals surface area contributed by atoms with Crippen LogP contribution in [0, 0.1) is 0 Å². The summed E-state index contributed by atoms with van der Waals surface area (Å²) in [6, 6.07) is 5.17. The van der Waals surface area contributed by atoms with Crippen molar-refractivity contribution in [1.29, 1.82) is 0 Å². The second-order valence-electron chi connectivity index (χ2n) is 4.23. The number of ether oxygens (including phenoxy) is 1. The van der Waals surface area contributed by atoms with E-state index in [1.807, 2.05) is 13.8 Å². The van der Waals surface area contributed by atoms with Crippen molar-refractivity contribution in [3.05, 3.63) is 23.8 Å². The molecule has 0 spiro atoms. The third kappa shape index (κ3) is 4.25. The summed E-state index contributed by atoms with van der Waals surface area (Å²) in [6.07, 6.45) is 0.200. The molecule has 4 N–H and O–H groups in total. The van der Waals surface area contributed by atoms with E-state index in [1.54, 1.807) is 25.2 Å². The van der Waals surface area contributed by atoms with Gasteiger partial charge in [0.1, 0.15) is 0 Å². The van der Waals surface area contributed by atoms with Gasteiger partial charge in [-0.15, -0.1) is 0 Å². The molecular weight excluding hydrogens is 230 g/mol. The molecule has 1 amide bonds. The fraction of sp³-hybridized carbons (Fsp3) is 0.462. The third-order valence-corrected chi connectivity index (χ3v) is 2.38. The Balaban J connectivity index is 2.67. The van der Waals surface area contributed by atoms with Crippen LogP contribution in [0.5, 0.6) is 0 Å². The lowest BCUT2D eigenvalue weighted by atomic mass is 10.1. The van der Waals surface area contributed by atoms with Gasteiger partial charge in [-0.05, 0) is 32.0 Å².